The van der Waals surface area contributed by atoms with Crippen LogP contribution in [-0.2, 0) is 9.53 Å². The van der Waals surface area contributed by atoms with E-state index in [0.717, 1.165) is 26.2 Å². The molecule has 0 radical (unpaired) electrons. The molecule has 1 heterocycles. The molecule has 0 bridgehead atoms. The summed E-state index contributed by atoms with van der Waals surface area (Å²) in [5.74, 6) is -0.0605. The first-order valence-corrected chi connectivity index (χ1v) is 10.7. The van der Waals surface area contributed by atoms with Gasteiger partial charge >= 0.3 is 0 Å². The van der Waals surface area contributed by atoms with Crippen LogP contribution in [-0.4, -0.2) is 70.8 Å². The normalized spacial score (nSPS) is 15.6. The van der Waals surface area contributed by atoms with E-state index in [9.17, 15) is 4.79 Å². The lowest BCUT2D eigenvalue weighted by Gasteiger charge is -2.40. The lowest BCUT2D eigenvalue weighted by molar-refractivity contribution is -0.125. The van der Waals surface area contributed by atoms with Crippen molar-refractivity contribution in [3.8, 4) is 0 Å². The van der Waals surface area contributed by atoms with Gasteiger partial charge in [-0.1, -0.05) is 30.3 Å². The fourth-order valence-electron chi connectivity index (χ4n) is 3.84. The lowest BCUT2D eigenvalue weighted by atomic mass is 10.0. The second-order valence-electron chi connectivity index (χ2n) is 7.80. The van der Waals surface area contributed by atoms with Crippen LogP contribution in [0.5, 0.6) is 0 Å². The van der Waals surface area contributed by atoms with E-state index in [0.29, 0.717) is 13.2 Å². The molecule has 1 atom stereocenters. The summed E-state index contributed by atoms with van der Waals surface area (Å²) in [6, 6.07) is 19.4. The highest BCUT2D eigenvalue weighted by atomic mass is 16.5. The van der Waals surface area contributed by atoms with Gasteiger partial charge in [-0.3, -0.25) is 9.69 Å². The Labute approximate surface area is 180 Å². The number of carbonyl (C=O) groups excluding carboxylic acids is 1. The van der Waals surface area contributed by atoms with Crippen molar-refractivity contribution in [2.75, 3.05) is 69.8 Å². The Balaban J connectivity index is 1.68. The molecule has 6 heteroatoms. The molecular weight excluding hydrogens is 376 g/mol. The zero-order chi connectivity index (χ0) is 21.3. The first kappa shape index (κ1) is 22.1. The third kappa shape index (κ3) is 5.97. The molecule has 1 aliphatic heterocycles. The van der Waals surface area contributed by atoms with Gasteiger partial charge < -0.3 is 19.9 Å². The number of hydrogen-bond acceptors (Lipinski definition) is 5. The summed E-state index contributed by atoms with van der Waals surface area (Å²) in [6.45, 7) is 7.00. The molecule has 162 valence electrons. The second-order valence-corrected chi connectivity index (χ2v) is 7.80. The van der Waals surface area contributed by atoms with E-state index in [1.54, 1.807) is 0 Å². The smallest absolute Gasteiger partial charge is 0.246 e. The highest BCUT2D eigenvalue weighted by Gasteiger charge is 2.25. The van der Waals surface area contributed by atoms with Crippen LogP contribution in [0.1, 0.15) is 18.5 Å². The van der Waals surface area contributed by atoms with Crippen molar-refractivity contribution in [1.82, 2.24) is 10.2 Å². The summed E-state index contributed by atoms with van der Waals surface area (Å²) in [6.07, 6.45) is 0. The van der Waals surface area contributed by atoms with Crippen LogP contribution < -0.4 is 15.1 Å². The van der Waals surface area contributed by atoms with Gasteiger partial charge in [0.2, 0.25) is 5.91 Å². The molecule has 3 rings (SSSR count). The first-order valence-electron chi connectivity index (χ1n) is 10.7. The Morgan fingerprint density at radius 1 is 1.03 bits per heavy atom. The largest absolute Gasteiger partial charge is 0.378 e. The molecule has 30 heavy (non-hydrogen) atoms. The summed E-state index contributed by atoms with van der Waals surface area (Å²) in [5, 5.41) is 3.06. The first-order chi connectivity index (χ1) is 14.6. The minimum atomic E-state index is -0.0605. The minimum absolute atomic E-state index is 0.0605. The number of benzene rings is 2. The molecule has 1 fully saturated rings. The number of carbonyl (C=O) groups is 1. The van der Waals surface area contributed by atoms with E-state index < -0.39 is 0 Å². The number of rotatable bonds is 9. The van der Waals surface area contributed by atoms with Gasteiger partial charge in [0.15, 0.2) is 0 Å². The molecule has 0 saturated carbocycles. The Bertz CT molecular complexity index is 772. The van der Waals surface area contributed by atoms with Gasteiger partial charge in [-0.2, -0.15) is 0 Å². The standard InChI is InChI=1S/C24H34N4O2/c1-4-30-19-24(29)25-18-23(20-10-12-21(13-11-20)26(2)3)28-16-14-27(15-17-28)22-8-6-5-7-9-22/h5-13,23H,4,14-19H2,1-3H3,(H,25,29)/t23-/m0/s1. The topological polar surface area (TPSA) is 48.1 Å². The zero-order valence-corrected chi connectivity index (χ0v) is 18.4. The monoisotopic (exact) mass is 410 g/mol. The van der Waals surface area contributed by atoms with Crippen LogP contribution in [0.25, 0.3) is 0 Å². The third-order valence-electron chi connectivity index (χ3n) is 5.60. The number of para-hydroxylation sites is 1. The van der Waals surface area contributed by atoms with Gasteiger partial charge in [0.05, 0.1) is 6.04 Å². The lowest BCUT2D eigenvalue weighted by Crippen LogP contribution is -2.50. The van der Waals surface area contributed by atoms with Crippen molar-refractivity contribution >= 4 is 17.3 Å². The molecular formula is C24H34N4O2. The summed E-state index contributed by atoms with van der Waals surface area (Å²) in [7, 11) is 4.09. The molecule has 1 saturated heterocycles. The maximum atomic E-state index is 12.1. The number of hydrogen-bond donors (Lipinski definition) is 1. The molecule has 0 unspecified atom stereocenters. The van der Waals surface area contributed by atoms with Gasteiger partial charge in [-0.25, -0.2) is 0 Å². The van der Waals surface area contributed by atoms with Gasteiger partial charge in [-0.05, 0) is 36.8 Å². The predicted molar refractivity (Wildman–Crippen MR) is 123 cm³/mol. The summed E-state index contributed by atoms with van der Waals surface area (Å²) in [4.78, 5) is 19.1. The van der Waals surface area contributed by atoms with E-state index in [4.69, 9.17) is 4.74 Å². The Morgan fingerprint density at radius 2 is 1.70 bits per heavy atom. The Morgan fingerprint density at radius 3 is 2.30 bits per heavy atom. The fourth-order valence-corrected chi connectivity index (χ4v) is 3.84. The van der Waals surface area contributed by atoms with Crippen molar-refractivity contribution in [1.29, 1.82) is 0 Å². The fraction of sp³-hybridized carbons (Fsp3) is 0.458. The van der Waals surface area contributed by atoms with Crippen LogP contribution in [0.3, 0.4) is 0 Å². The van der Waals surface area contributed by atoms with Crippen LogP contribution >= 0.6 is 0 Å². The van der Waals surface area contributed by atoms with E-state index in [-0.39, 0.29) is 18.6 Å². The molecule has 1 aliphatic rings. The number of nitrogens with one attached hydrogen (secondary N) is 1. The van der Waals surface area contributed by atoms with Gasteiger partial charge in [0.25, 0.3) is 0 Å². The summed E-state index contributed by atoms with van der Waals surface area (Å²) < 4.78 is 5.25. The quantitative estimate of drug-likeness (QED) is 0.689. The average molecular weight is 411 g/mol. The zero-order valence-electron chi connectivity index (χ0n) is 18.4. The number of anilines is 2. The van der Waals surface area contributed by atoms with Gasteiger partial charge in [0, 0.05) is 64.8 Å². The van der Waals surface area contributed by atoms with Gasteiger partial charge in [-0.15, -0.1) is 0 Å². The van der Waals surface area contributed by atoms with Crippen LogP contribution in [0.15, 0.2) is 54.6 Å². The molecule has 2 aromatic rings. The second kappa shape index (κ2) is 11.0. The number of nitrogens with zero attached hydrogens (tertiary/aromatic N) is 3. The maximum Gasteiger partial charge on any atom is 0.246 e. The molecule has 0 aliphatic carbocycles. The molecule has 1 N–H and O–H groups in total. The molecule has 1 amide bonds. The van der Waals surface area contributed by atoms with E-state index in [1.165, 1.54) is 16.9 Å². The van der Waals surface area contributed by atoms with Crippen LogP contribution in [0.4, 0.5) is 11.4 Å². The average Bonchev–Trinajstić information content (AvgIpc) is 2.79. The van der Waals surface area contributed by atoms with E-state index in [2.05, 4.69) is 74.6 Å². The maximum absolute atomic E-state index is 12.1. The molecule has 0 spiro atoms. The third-order valence-corrected chi connectivity index (χ3v) is 5.60. The summed E-state index contributed by atoms with van der Waals surface area (Å²) >= 11 is 0. The van der Waals surface area contributed by atoms with E-state index >= 15 is 0 Å². The van der Waals surface area contributed by atoms with Gasteiger partial charge in [0.1, 0.15) is 6.61 Å². The SMILES string of the molecule is CCOCC(=O)NC[C@@H](c1ccc(N(C)C)cc1)N1CCN(c2ccccc2)CC1. The summed E-state index contributed by atoms with van der Waals surface area (Å²) in [5.41, 5.74) is 3.67. The molecule has 6 nitrogen and oxygen atoms in total. The van der Waals surface area contributed by atoms with Crippen molar-refractivity contribution in [2.45, 2.75) is 13.0 Å². The number of amides is 1. The number of ether oxygens (including phenoxy) is 1. The highest BCUT2D eigenvalue weighted by Crippen LogP contribution is 2.25. The van der Waals surface area contributed by atoms with Crippen molar-refractivity contribution in [3.63, 3.8) is 0 Å². The van der Waals surface area contributed by atoms with Crippen molar-refractivity contribution in [2.24, 2.45) is 0 Å². The minimum Gasteiger partial charge on any atom is -0.378 e. The molecule has 2 aromatic carbocycles. The van der Waals surface area contributed by atoms with Crippen molar-refractivity contribution in [3.05, 3.63) is 60.2 Å². The highest BCUT2D eigenvalue weighted by molar-refractivity contribution is 5.77. The Kier molecular flexibility index (Phi) is 8.11. The predicted octanol–water partition coefficient (Wildman–Crippen LogP) is 2.77. The number of piperazine rings is 1. The molecule has 0 aromatic heterocycles. The van der Waals surface area contributed by atoms with Crippen LogP contribution in [0.2, 0.25) is 0 Å². The van der Waals surface area contributed by atoms with E-state index in [1.807, 2.05) is 21.0 Å². The van der Waals surface area contributed by atoms with Crippen molar-refractivity contribution < 1.29 is 9.53 Å². The van der Waals surface area contributed by atoms with Crippen LogP contribution in [0, 0.1) is 0 Å². The Hall–Kier alpha value is -2.57.